The molecule has 2 N–H and O–H groups in total. The zero-order chi connectivity index (χ0) is 12.1. The summed E-state index contributed by atoms with van der Waals surface area (Å²) in [6, 6.07) is 0.548. The van der Waals surface area contributed by atoms with Crippen LogP contribution < -0.4 is 5.73 Å². The summed E-state index contributed by atoms with van der Waals surface area (Å²) in [5.74, 6) is 1.09. The van der Waals surface area contributed by atoms with E-state index in [-0.39, 0.29) is 6.04 Å². The molecule has 3 nitrogen and oxygen atoms in total. The van der Waals surface area contributed by atoms with E-state index in [1.165, 1.54) is 12.8 Å². The van der Waals surface area contributed by atoms with Gasteiger partial charge in [0.15, 0.2) is 0 Å². The third-order valence-electron chi connectivity index (χ3n) is 3.15. The summed E-state index contributed by atoms with van der Waals surface area (Å²) < 4.78 is 0. The number of hydrogen-bond donors (Lipinski definition) is 1. The second kappa shape index (κ2) is 6.24. The molecule has 3 heteroatoms. The van der Waals surface area contributed by atoms with Gasteiger partial charge in [0.1, 0.15) is 0 Å². The van der Waals surface area contributed by atoms with E-state index in [2.05, 4.69) is 13.8 Å². The van der Waals surface area contributed by atoms with Gasteiger partial charge in [-0.3, -0.25) is 4.79 Å². The number of carbonyl (C=O) groups excluding carboxylic acids is 1. The molecule has 1 amide bonds. The van der Waals surface area contributed by atoms with Crippen LogP contribution in [0.4, 0.5) is 0 Å². The predicted octanol–water partition coefficient (Wildman–Crippen LogP) is 2.15. The molecule has 0 aromatic heterocycles. The van der Waals surface area contributed by atoms with Crippen LogP contribution in [0.3, 0.4) is 0 Å². The Labute approximate surface area is 99.4 Å². The molecule has 16 heavy (non-hydrogen) atoms. The number of nitrogens with zero attached hydrogens (tertiary/aromatic N) is 1. The molecule has 1 unspecified atom stereocenters. The lowest BCUT2D eigenvalue weighted by Gasteiger charge is -2.27. The lowest BCUT2D eigenvalue weighted by molar-refractivity contribution is -0.133. The Bertz CT molecular complexity index is 222. The molecule has 0 aromatic rings. The summed E-state index contributed by atoms with van der Waals surface area (Å²) in [5, 5.41) is 0. The van der Waals surface area contributed by atoms with Crippen LogP contribution in [0, 0.1) is 5.92 Å². The van der Waals surface area contributed by atoms with Crippen molar-refractivity contribution in [2.24, 2.45) is 11.7 Å². The van der Waals surface area contributed by atoms with Gasteiger partial charge in [-0.2, -0.15) is 0 Å². The van der Waals surface area contributed by atoms with Crippen molar-refractivity contribution in [1.82, 2.24) is 4.90 Å². The zero-order valence-electron chi connectivity index (χ0n) is 10.9. The lowest BCUT2D eigenvalue weighted by atomic mass is 10.1. The smallest absolute Gasteiger partial charge is 0.222 e. The van der Waals surface area contributed by atoms with Crippen molar-refractivity contribution in [3.8, 4) is 0 Å². The van der Waals surface area contributed by atoms with E-state index in [1.54, 1.807) is 0 Å². The van der Waals surface area contributed by atoms with Gasteiger partial charge in [-0.05, 0) is 52.4 Å². The van der Waals surface area contributed by atoms with Crippen LogP contribution >= 0.6 is 0 Å². The lowest BCUT2D eigenvalue weighted by Crippen LogP contribution is -2.38. The van der Waals surface area contributed by atoms with E-state index in [4.69, 9.17) is 5.73 Å². The fourth-order valence-corrected chi connectivity index (χ4v) is 1.90. The van der Waals surface area contributed by atoms with Crippen molar-refractivity contribution < 1.29 is 4.79 Å². The number of rotatable bonds is 7. The predicted molar refractivity (Wildman–Crippen MR) is 67.1 cm³/mol. The van der Waals surface area contributed by atoms with Crippen LogP contribution in [-0.2, 0) is 4.79 Å². The molecular formula is C13H26N2O. The molecular weight excluding hydrogens is 200 g/mol. The van der Waals surface area contributed by atoms with Crippen molar-refractivity contribution in [1.29, 1.82) is 0 Å². The highest BCUT2D eigenvalue weighted by molar-refractivity contribution is 5.76. The van der Waals surface area contributed by atoms with Crippen molar-refractivity contribution in [2.75, 3.05) is 6.54 Å². The molecule has 0 spiro atoms. The Kier molecular flexibility index (Phi) is 5.26. The summed E-state index contributed by atoms with van der Waals surface area (Å²) in [5.41, 5.74) is 5.68. The fraction of sp³-hybridized carbons (Fsp3) is 0.923. The van der Waals surface area contributed by atoms with Crippen LogP contribution in [0.15, 0.2) is 0 Å². The quantitative estimate of drug-likeness (QED) is 0.723. The van der Waals surface area contributed by atoms with Gasteiger partial charge >= 0.3 is 0 Å². The van der Waals surface area contributed by atoms with Gasteiger partial charge in [-0.25, -0.2) is 0 Å². The molecule has 1 saturated carbocycles. The maximum Gasteiger partial charge on any atom is 0.222 e. The molecule has 0 heterocycles. The van der Waals surface area contributed by atoms with Gasteiger partial charge in [-0.1, -0.05) is 0 Å². The highest BCUT2D eigenvalue weighted by Crippen LogP contribution is 2.30. The minimum atomic E-state index is 0.212. The summed E-state index contributed by atoms with van der Waals surface area (Å²) in [6.45, 7) is 7.17. The number of nitrogens with two attached hydrogens (primary N) is 1. The highest BCUT2D eigenvalue weighted by atomic mass is 16.2. The number of carbonyl (C=O) groups is 1. The second-order valence-electron chi connectivity index (χ2n) is 5.45. The number of amides is 1. The Morgan fingerprint density at radius 2 is 2.00 bits per heavy atom. The van der Waals surface area contributed by atoms with Gasteiger partial charge < -0.3 is 10.6 Å². The van der Waals surface area contributed by atoms with Crippen LogP contribution in [0.1, 0.15) is 52.9 Å². The Balaban J connectivity index is 2.28. The van der Waals surface area contributed by atoms with Crippen molar-refractivity contribution >= 4 is 5.91 Å². The summed E-state index contributed by atoms with van der Waals surface area (Å²) in [7, 11) is 0. The standard InChI is InChI=1S/C13H26N2O/c1-10(2)15(9-12-7-8-12)13(16)6-4-5-11(3)14/h10-12H,4-9,14H2,1-3H3. The SMILES string of the molecule is CC(N)CCCC(=O)N(CC1CC1)C(C)C. The van der Waals surface area contributed by atoms with Gasteiger partial charge in [0.25, 0.3) is 0 Å². The van der Waals surface area contributed by atoms with Gasteiger partial charge in [0.05, 0.1) is 0 Å². The minimum absolute atomic E-state index is 0.212. The van der Waals surface area contributed by atoms with Gasteiger partial charge in [0.2, 0.25) is 5.91 Å². The molecule has 94 valence electrons. The van der Waals surface area contributed by atoms with E-state index in [9.17, 15) is 4.79 Å². The van der Waals surface area contributed by atoms with Crippen molar-refractivity contribution in [3.05, 3.63) is 0 Å². The summed E-state index contributed by atoms with van der Waals surface area (Å²) >= 11 is 0. The molecule has 0 saturated heterocycles. The summed E-state index contributed by atoms with van der Waals surface area (Å²) in [4.78, 5) is 14.1. The number of hydrogen-bond acceptors (Lipinski definition) is 2. The minimum Gasteiger partial charge on any atom is -0.340 e. The average molecular weight is 226 g/mol. The average Bonchev–Trinajstić information content (AvgIpc) is 2.96. The maximum atomic E-state index is 12.0. The van der Waals surface area contributed by atoms with E-state index in [0.717, 1.165) is 25.3 Å². The molecule has 0 aromatic carbocycles. The van der Waals surface area contributed by atoms with Crippen molar-refractivity contribution in [3.63, 3.8) is 0 Å². The van der Waals surface area contributed by atoms with E-state index in [1.807, 2.05) is 11.8 Å². The third kappa shape index (κ3) is 4.97. The highest BCUT2D eigenvalue weighted by Gasteiger charge is 2.27. The van der Waals surface area contributed by atoms with Gasteiger partial charge in [0, 0.05) is 25.0 Å². The molecule has 1 aliphatic rings. The van der Waals surface area contributed by atoms with Crippen LogP contribution in [0.25, 0.3) is 0 Å². The fourth-order valence-electron chi connectivity index (χ4n) is 1.90. The topological polar surface area (TPSA) is 46.3 Å². The second-order valence-corrected chi connectivity index (χ2v) is 5.45. The van der Waals surface area contributed by atoms with Crippen LogP contribution in [0.2, 0.25) is 0 Å². The molecule has 1 aliphatic carbocycles. The van der Waals surface area contributed by atoms with Crippen LogP contribution in [-0.4, -0.2) is 29.4 Å². The molecule has 0 aliphatic heterocycles. The largest absolute Gasteiger partial charge is 0.340 e. The maximum absolute atomic E-state index is 12.0. The van der Waals surface area contributed by atoms with E-state index in [0.29, 0.717) is 18.4 Å². The van der Waals surface area contributed by atoms with Gasteiger partial charge in [-0.15, -0.1) is 0 Å². The Morgan fingerprint density at radius 1 is 1.38 bits per heavy atom. The monoisotopic (exact) mass is 226 g/mol. The van der Waals surface area contributed by atoms with E-state index < -0.39 is 0 Å². The van der Waals surface area contributed by atoms with Crippen LogP contribution in [0.5, 0.6) is 0 Å². The normalized spacial score (nSPS) is 17.6. The first-order valence-electron chi connectivity index (χ1n) is 6.55. The Hall–Kier alpha value is -0.570. The molecule has 1 fully saturated rings. The molecule has 1 atom stereocenters. The summed E-state index contributed by atoms with van der Waals surface area (Å²) in [6.07, 6.45) is 5.13. The third-order valence-corrected chi connectivity index (χ3v) is 3.15. The first-order chi connectivity index (χ1) is 7.50. The molecule has 0 bridgehead atoms. The first-order valence-corrected chi connectivity index (χ1v) is 6.55. The Morgan fingerprint density at radius 3 is 2.44 bits per heavy atom. The zero-order valence-corrected chi connectivity index (χ0v) is 10.9. The molecule has 0 radical (unpaired) electrons. The van der Waals surface area contributed by atoms with E-state index >= 15 is 0 Å². The molecule has 1 rings (SSSR count). The first kappa shape index (κ1) is 13.5. The van der Waals surface area contributed by atoms with Crippen molar-refractivity contribution in [2.45, 2.75) is 65.0 Å².